The van der Waals surface area contributed by atoms with E-state index in [0.29, 0.717) is 5.92 Å². The first-order valence-corrected chi connectivity index (χ1v) is 6.68. The van der Waals surface area contributed by atoms with Gasteiger partial charge in [0.05, 0.1) is 0 Å². The summed E-state index contributed by atoms with van der Waals surface area (Å²) in [6.45, 7) is 6.52. The lowest BCUT2D eigenvalue weighted by Gasteiger charge is -2.17. The molecule has 0 radical (unpaired) electrons. The zero-order chi connectivity index (χ0) is 13.1. The molecule has 1 heterocycles. The second-order valence-corrected chi connectivity index (χ2v) is 5.36. The minimum atomic E-state index is 0.168. The monoisotopic (exact) mass is 246 g/mol. The van der Waals surface area contributed by atoms with Gasteiger partial charge in [-0.15, -0.1) is 0 Å². The highest BCUT2D eigenvalue weighted by molar-refractivity contribution is 5.94. The van der Waals surface area contributed by atoms with Gasteiger partial charge in [0.25, 0.3) is 5.91 Å². The molecular weight excluding hydrogens is 224 g/mol. The third kappa shape index (κ3) is 2.91. The van der Waals surface area contributed by atoms with Crippen LogP contribution in [0.15, 0.2) is 18.2 Å². The van der Waals surface area contributed by atoms with E-state index in [1.807, 2.05) is 30.9 Å². The normalized spacial score (nSPS) is 19.3. The van der Waals surface area contributed by atoms with Crippen molar-refractivity contribution < 1.29 is 4.79 Å². The van der Waals surface area contributed by atoms with Gasteiger partial charge >= 0.3 is 0 Å². The van der Waals surface area contributed by atoms with Crippen molar-refractivity contribution >= 4 is 5.91 Å². The lowest BCUT2D eigenvalue weighted by molar-refractivity contribution is 0.0786. The molecule has 0 aromatic heterocycles. The van der Waals surface area contributed by atoms with Crippen LogP contribution in [0.4, 0.5) is 0 Å². The topological polar surface area (TPSA) is 46.3 Å². The number of likely N-dealkylation sites (tertiary alicyclic amines) is 1. The molecular formula is C15H22N2O. The number of rotatable bonds is 3. The largest absolute Gasteiger partial charge is 0.338 e. The predicted molar refractivity (Wildman–Crippen MR) is 73.6 cm³/mol. The van der Waals surface area contributed by atoms with E-state index < -0.39 is 0 Å². The van der Waals surface area contributed by atoms with Crippen molar-refractivity contribution in [3.8, 4) is 0 Å². The maximum atomic E-state index is 12.4. The average Bonchev–Trinajstić information content (AvgIpc) is 2.76. The Morgan fingerprint density at radius 2 is 2.00 bits per heavy atom. The number of carbonyl (C=O) groups is 1. The molecule has 1 aromatic carbocycles. The van der Waals surface area contributed by atoms with Crippen LogP contribution in [0.2, 0.25) is 0 Å². The zero-order valence-electron chi connectivity index (χ0n) is 11.3. The molecule has 1 aliphatic rings. The van der Waals surface area contributed by atoms with Gasteiger partial charge in [-0.05, 0) is 51.3 Å². The summed E-state index contributed by atoms with van der Waals surface area (Å²) in [5.41, 5.74) is 8.70. The average molecular weight is 246 g/mol. The summed E-state index contributed by atoms with van der Waals surface area (Å²) >= 11 is 0. The molecule has 1 amide bonds. The Morgan fingerprint density at radius 3 is 2.61 bits per heavy atom. The lowest BCUT2D eigenvalue weighted by atomic mass is 10.1. The maximum Gasteiger partial charge on any atom is 0.253 e. The Hall–Kier alpha value is -1.35. The van der Waals surface area contributed by atoms with E-state index in [1.165, 1.54) is 0 Å². The number of aryl methyl sites for hydroxylation is 2. The van der Waals surface area contributed by atoms with Crippen LogP contribution in [0.25, 0.3) is 0 Å². The molecule has 2 rings (SSSR count). The van der Waals surface area contributed by atoms with Crippen molar-refractivity contribution in [2.24, 2.45) is 11.7 Å². The highest BCUT2D eigenvalue weighted by Gasteiger charge is 2.26. The Balaban J connectivity index is 2.08. The highest BCUT2D eigenvalue weighted by Crippen LogP contribution is 2.21. The van der Waals surface area contributed by atoms with E-state index in [0.717, 1.165) is 49.2 Å². The molecule has 1 unspecified atom stereocenters. The van der Waals surface area contributed by atoms with E-state index in [-0.39, 0.29) is 5.91 Å². The fourth-order valence-electron chi connectivity index (χ4n) is 2.77. The minimum absolute atomic E-state index is 0.168. The van der Waals surface area contributed by atoms with Crippen LogP contribution >= 0.6 is 0 Å². The van der Waals surface area contributed by atoms with E-state index in [4.69, 9.17) is 5.73 Å². The maximum absolute atomic E-state index is 12.4. The predicted octanol–water partition coefficient (Wildman–Crippen LogP) is 2.11. The summed E-state index contributed by atoms with van der Waals surface area (Å²) in [6, 6.07) is 6.05. The van der Waals surface area contributed by atoms with Crippen LogP contribution in [-0.4, -0.2) is 30.4 Å². The number of benzene rings is 1. The first-order valence-electron chi connectivity index (χ1n) is 6.68. The van der Waals surface area contributed by atoms with E-state index in [9.17, 15) is 4.79 Å². The Bertz CT molecular complexity index is 422. The van der Waals surface area contributed by atoms with Crippen molar-refractivity contribution in [3.05, 3.63) is 34.9 Å². The Morgan fingerprint density at radius 1 is 1.33 bits per heavy atom. The first kappa shape index (κ1) is 13.1. The fraction of sp³-hybridized carbons (Fsp3) is 0.533. The Labute approximate surface area is 109 Å². The van der Waals surface area contributed by atoms with Gasteiger partial charge in [0.1, 0.15) is 0 Å². The van der Waals surface area contributed by atoms with Crippen molar-refractivity contribution in [3.63, 3.8) is 0 Å². The third-order valence-electron chi connectivity index (χ3n) is 3.62. The SMILES string of the molecule is Cc1cc(C)cc(C(=O)N2CCC(CCN)C2)c1. The molecule has 0 saturated carbocycles. The van der Waals surface area contributed by atoms with Crippen molar-refractivity contribution in [1.29, 1.82) is 0 Å². The second-order valence-electron chi connectivity index (χ2n) is 5.36. The Kier molecular flexibility index (Phi) is 4.02. The molecule has 1 aromatic rings. The van der Waals surface area contributed by atoms with E-state index in [1.54, 1.807) is 0 Å². The number of nitrogens with zero attached hydrogens (tertiary/aromatic N) is 1. The zero-order valence-corrected chi connectivity index (χ0v) is 11.3. The lowest BCUT2D eigenvalue weighted by Crippen LogP contribution is -2.29. The summed E-state index contributed by atoms with van der Waals surface area (Å²) in [5.74, 6) is 0.756. The molecule has 3 heteroatoms. The van der Waals surface area contributed by atoms with Gasteiger partial charge in [-0.1, -0.05) is 17.2 Å². The molecule has 3 nitrogen and oxygen atoms in total. The van der Waals surface area contributed by atoms with E-state index in [2.05, 4.69) is 6.07 Å². The molecule has 1 aliphatic heterocycles. The summed E-state index contributed by atoms with van der Waals surface area (Å²) < 4.78 is 0. The van der Waals surface area contributed by atoms with E-state index >= 15 is 0 Å². The van der Waals surface area contributed by atoms with Crippen molar-refractivity contribution in [2.75, 3.05) is 19.6 Å². The van der Waals surface area contributed by atoms with Gasteiger partial charge in [0.2, 0.25) is 0 Å². The van der Waals surface area contributed by atoms with Gasteiger partial charge in [0, 0.05) is 18.7 Å². The molecule has 98 valence electrons. The standard InChI is InChI=1S/C15H22N2O/c1-11-7-12(2)9-14(8-11)15(18)17-6-4-13(10-17)3-5-16/h7-9,13H,3-6,10,16H2,1-2H3. The molecule has 0 bridgehead atoms. The smallest absolute Gasteiger partial charge is 0.253 e. The fourth-order valence-corrected chi connectivity index (χ4v) is 2.77. The third-order valence-corrected chi connectivity index (χ3v) is 3.62. The summed E-state index contributed by atoms with van der Waals surface area (Å²) in [7, 11) is 0. The molecule has 1 saturated heterocycles. The summed E-state index contributed by atoms with van der Waals surface area (Å²) in [6.07, 6.45) is 2.12. The summed E-state index contributed by atoms with van der Waals surface area (Å²) in [5, 5.41) is 0. The number of hydrogen-bond acceptors (Lipinski definition) is 2. The van der Waals surface area contributed by atoms with Gasteiger partial charge < -0.3 is 10.6 Å². The molecule has 2 N–H and O–H groups in total. The number of amides is 1. The van der Waals surface area contributed by atoms with Gasteiger partial charge in [-0.25, -0.2) is 0 Å². The molecule has 18 heavy (non-hydrogen) atoms. The van der Waals surface area contributed by atoms with Crippen LogP contribution in [-0.2, 0) is 0 Å². The second kappa shape index (κ2) is 5.53. The highest BCUT2D eigenvalue weighted by atomic mass is 16.2. The number of hydrogen-bond donors (Lipinski definition) is 1. The van der Waals surface area contributed by atoms with Gasteiger partial charge in [-0.2, -0.15) is 0 Å². The molecule has 1 atom stereocenters. The summed E-state index contributed by atoms with van der Waals surface area (Å²) in [4.78, 5) is 14.4. The first-order chi connectivity index (χ1) is 8.60. The van der Waals surface area contributed by atoms with Gasteiger partial charge in [0.15, 0.2) is 0 Å². The van der Waals surface area contributed by atoms with Crippen molar-refractivity contribution in [2.45, 2.75) is 26.7 Å². The molecule has 0 spiro atoms. The van der Waals surface area contributed by atoms with Crippen LogP contribution in [0.1, 0.15) is 34.3 Å². The van der Waals surface area contributed by atoms with Crippen molar-refractivity contribution in [1.82, 2.24) is 4.90 Å². The van der Waals surface area contributed by atoms with Crippen LogP contribution < -0.4 is 5.73 Å². The molecule has 1 fully saturated rings. The minimum Gasteiger partial charge on any atom is -0.338 e. The number of nitrogens with two attached hydrogens (primary N) is 1. The van der Waals surface area contributed by atoms with Gasteiger partial charge in [-0.3, -0.25) is 4.79 Å². The van der Waals surface area contributed by atoms with Crippen LogP contribution in [0.5, 0.6) is 0 Å². The van der Waals surface area contributed by atoms with Crippen LogP contribution in [0.3, 0.4) is 0 Å². The quantitative estimate of drug-likeness (QED) is 0.888. The van der Waals surface area contributed by atoms with Crippen LogP contribution in [0, 0.1) is 19.8 Å². The molecule has 0 aliphatic carbocycles. The number of carbonyl (C=O) groups excluding carboxylic acids is 1.